The molecule has 1 aromatic heterocycles. The molecule has 1 heterocycles. The predicted molar refractivity (Wildman–Crippen MR) is 71.6 cm³/mol. The summed E-state index contributed by atoms with van der Waals surface area (Å²) in [4.78, 5) is 0. The van der Waals surface area contributed by atoms with Gasteiger partial charge in [0.15, 0.2) is 0 Å². The fraction of sp³-hybridized carbons (Fsp3) is 0.308. The summed E-state index contributed by atoms with van der Waals surface area (Å²) in [7, 11) is 0. The van der Waals surface area contributed by atoms with Gasteiger partial charge in [-0.15, -0.1) is 0 Å². The molecule has 0 radical (unpaired) electrons. The lowest BCUT2D eigenvalue weighted by atomic mass is 10.2. The van der Waals surface area contributed by atoms with Crippen molar-refractivity contribution in [2.24, 2.45) is 0 Å². The molecule has 0 spiro atoms. The van der Waals surface area contributed by atoms with E-state index in [1.54, 1.807) is 6.20 Å². The lowest BCUT2D eigenvalue weighted by molar-refractivity contribution is 0.620. The smallest absolute Gasteiger partial charge is 0.0814 e. The minimum absolute atomic E-state index is 0.723. The highest BCUT2D eigenvalue weighted by molar-refractivity contribution is 6.31. The first-order valence-electron chi connectivity index (χ1n) is 5.65. The minimum atomic E-state index is 0.723. The van der Waals surface area contributed by atoms with Crippen molar-refractivity contribution in [3.63, 3.8) is 0 Å². The lowest BCUT2D eigenvalue weighted by Gasteiger charge is -2.08. The Kier molecular flexibility index (Phi) is 3.69. The first-order chi connectivity index (χ1) is 8.16. The van der Waals surface area contributed by atoms with E-state index in [1.807, 2.05) is 17.7 Å². The van der Waals surface area contributed by atoms with Gasteiger partial charge in [0.05, 0.1) is 23.5 Å². The number of aromatic nitrogens is 2. The second kappa shape index (κ2) is 5.23. The molecule has 90 valence electrons. The van der Waals surface area contributed by atoms with E-state index < -0.39 is 0 Å². The average molecular weight is 250 g/mol. The van der Waals surface area contributed by atoms with Crippen LogP contribution in [0.5, 0.6) is 0 Å². The zero-order valence-corrected chi connectivity index (χ0v) is 10.8. The number of anilines is 1. The van der Waals surface area contributed by atoms with Crippen molar-refractivity contribution in [1.82, 2.24) is 9.78 Å². The lowest BCUT2D eigenvalue weighted by Crippen LogP contribution is -2.12. The zero-order valence-electron chi connectivity index (χ0n) is 10.1. The Morgan fingerprint density at radius 2 is 2.18 bits per heavy atom. The van der Waals surface area contributed by atoms with E-state index in [0.717, 1.165) is 29.5 Å². The molecule has 0 atom stereocenters. The first-order valence-corrected chi connectivity index (χ1v) is 6.03. The third-order valence-corrected chi connectivity index (χ3v) is 3.09. The van der Waals surface area contributed by atoms with E-state index in [1.165, 1.54) is 5.56 Å². The monoisotopic (exact) mass is 249 g/mol. The number of nitrogens with zero attached hydrogens (tertiary/aromatic N) is 2. The van der Waals surface area contributed by atoms with Gasteiger partial charge in [0, 0.05) is 12.2 Å². The Balaban J connectivity index is 1.90. The first kappa shape index (κ1) is 12.0. The van der Waals surface area contributed by atoms with Crippen molar-refractivity contribution in [1.29, 1.82) is 0 Å². The van der Waals surface area contributed by atoms with Gasteiger partial charge in [-0.05, 0) is 31.5 Å². The molecule has 0 amide bonds. The quantitative estimate of drug-likeness (QED) is 0.901. The maximum Gasteiger partial charge on any atom is 0.0814 e. The van der Waals surface area contributed by atoms with Crippen molar-refractivity contribution in [2.75, 3.05) is 11.9 Å². The molecule has 0 aliphatic heterocycles. The van der Waals surface area contributed by atoms with E-state index in [-0.39, 0.29) is 0 Å². The molecular weight excluding hydrogens is 234 g/mol. The van der Waals surface area contributed by atoms with Gasteiger partial charge in [-0.25, -0.2) is 0 Å². The predicted octanol–water partition coefficient (Wildman–Crippen LogP) is 3.27. The molecule has 0 aliphatic rings. The number of hydrogen-bond donors (Lipinski definition) is 1. The summed E-state index contributed by atoms with van der Waals surface area (Å²) in [5.74, 6) is 0. The second-order valence-corrected chi connectivity index (χ2v) is 4.50. The summed E-state index contributed by atoms with van der Waals surface area (Å²) >= 11 is 5.94. The van der Waals surface area contributed by atoms with Crippen LogP contribution in [0.15, 0.2) is 30.5 Å². The molecule has 2 aromatic rings. The molecule has 0 saturated carbocycles. The standard InChI is InChI=1S/C13H16ClN3/c1-10-4-3-5-12(8-10)15-6-7-17-11(2)13(14)9-16-17/h3-5,8-9,15H,6-7H2,1-2H3. The second-order valence-electron chi connectivity index (χ2n) is 4.10. The van der Waals surface area contributed by atoms with Gasteiger partial charge in [-0.1, -0.05) is 23.7 Å². The average Bonchev–Trinajstić information content (AvgIpc) is 2.61. The van der Waals surface area contributed by atoms with Crippen LogP contribution in [0.2, 0.25) is 5.02 Å². The highest BCUT2D eigenvalue weighted by atomic mass is 35.5. The van der Waals surface area contributed by atoms with Crippen LogP contribution >= 0.6 is 11.6 Å². The van der Waals surface area contributed by atoms with E-state index in [9.17, 15) is 0 Å². The largest absolute Gasteiger partial charge is 0.383 e. The number of halogens is 1. The molecule has 2 rings (SSSR count). The molecular formula is C13H16ClN3. The third-order valence-electron chi connectivity index (χ3n) is 2.71. The van der Waals surface area contributed by atoms with Crippen molar-refractivity contribution in [2.45, 2.75) is 20.4 Å². The number of aryl methyl sites for hydroxylation is 1. The molecule has 0 fully saturated rings. The van der Waals surface area contributed by atoms with Gasteiger partial charge in [0.1, 0.15) is 0 Å². The van der Waals surface area contributed by atoms with Crippen LogP contribution in [-0.4, -0.2) is 16.3 Å². The Labute approximate surface area is 106 Å². The fourth-order valence-electron chi connectivity index (χ4n) is 1.71. The van der Waals surface area contributed by atoms with Crippen LogP contribution in [0.1, 0.15) is 11.3 Å². The number of hydrogen-bond acceptors (Lipinski definition) is 2. The molecule has 0 bridgehead atoms. The molecule has 4 heteroatoms. The van der Waals surface area contributed by atoms with Crippen molar-refractivity contribution < 1.29 is 0 Å². The molecule has 3 nitrogen and oxygen atoms in total. The summed E-state index contributed by atoms with van der Waals surface area (Å²) in [6.45, 7) is 5.71. The molecule has 1 N–H and O–H groups in total. The summed E-state index contributed by atoms with van der Waals surface area (Å²) in [5, 5.41) is 8.30. The summed E-state index contributed by atoms with van der Waals surface area (Å²) in [6.07, 6.45) is 1.68. The Hall–Kier alpha value is -1.48. The Morgan fingerprint density at radius 1 is 1.35 bits per heavy atom. The maximum absolute atomic E-state index is 5.94. The summed E-state index contributed by atoms with van der Waals surface area (Å²) in [6, 6.07) is 8.33. The molecule has 0 aliphatic carbocycles. The van der Waals surface area contributed by atoms with E-state index in [0.29, 0.717) is 0 Å². The summed E-state index contributed by atoms with van der Waals surface area (Å²) in [5.41, 5.74) is 3.41. The molecule has 0 saturated heterocycles. The Bertz CT molecular complexity index is 505. The van der Waals surface area contributed by atoms with Crippen molar-refractivity contribution in [3.05, 3.63) is 46.7 Å². The Morgan fingerprint density at radius 3 is 2.82 bits per heavy atom. The van der Waals surface area contributed by atoms with Gasteiger partial charge in [0.25, 0.3) is 0 Å². The highest BCUT2D eigenvalue weighted by Gasteiger charge is 2.02. The van der Waals surface area contributed by atoms with E-state index >= 15 is 0 Å². The van der Waals surface area contributed by atoms with Gasteiger partial charge < -0.3 is 5.32 Å². The van der Waals surface area contributed by atoms with Gasteiger partial charge in [0.2, 0.25) is 0 Å². The number of nitrogens with one attached hydrogen (secondary N) is 1. The zero-order chi connectivity index (χ0) is 12.3. The maximum atomic E-state index is 5.94. The van der Waals surface area contributed by atoms with Gasteiger partial charge >= 0.3 is 0 Å². The van der Waals surface area contributed by atoms with Crippen molar-refractivity contribution >= 4 is 17.3 Å². The highest BCUT2D eigenvalue weighted by Crippen LogP contribution is 2.13. The SMILES string of the molecule is Cc1cccc(NCCn2ncc(Cl)c2C)c1. The minimum Gasteiger partial charge on any atom is -0.383 e. The molecule has 17 heavy (non-hydrogen) atoms. The van der Waals surface area contributed by atoms with Crippen LogP contribution in [0, 0.1) is 13.8 Å². The topological polar surface area (TPSA) is 29.9 Å². The normalized spacial score (nSPS) is 10.5. The third kappa shape index (κ3) is 3.01. The van der Waals surface area contributed by atoms with E-state index in [2.05, 4.69) is 35.5 Å². The molecule has 1 aromatic carbocycles. The van der Waals surface area contributed by atoms with Gasteiger partial charge in [-0.2, -0.15) is 5.10 Å². The van der Waals surface area contributed by atoms with Crippen molar-refractivity contribution in [3.8, 4) is 0 Å². The van der Waals surface area contributed by atoms with Crippen LogP contribution in [0.4, 0.5) is 5.69 Å². The fourth-order valence-corrected chi connectivity index (χ4v) is 1.85. The van der Waals surface area contributed by atoms with Gasteiger partial charge in [-0.3, -0.25) is 4.68 Å². The van der Waals surface area contributed by atoms with Crippen LogP contribution < -0.4 is 5.32 Å². The molecule has 0 unspecified atom stereocenters. The number of benzene rings is 1. The summed E-state index contributed by atoms with van der Waals surface area (Å²) < 4.78 is 1.91. The van der Waals surface area contributed by atoms with Crippen LogP contribution in [0.3, 0.4) is 0 Å². The van der Waals surface area contributed by atoms with E-state index in [4.69, 9.17) is 11.6 Å². The van der Waals surface area contributed by atoms with Crippen LogP contribution in [-0.2, 0) is 6.54 Å². The number of rotatable bonds is 4. The van der Waals surface area contributed by atoms with Crippen LogP contribution in [0.25, 0.3) is 0 Å².